The lowest BCUT2D eigenvalue weighted by molar-refractivity contribution is -0.125. The maximum absolute atomic E-state index is 12.0. The zero-order valence-electron chi connectivity index (χ0n) is 15.3. The van der Waals surface area contributed by atoms with Gasteiger partial charge in [0.25, 0.3) is 5.91 Å². The van der Waals surface area contributed by atoms with Crippen molar-refractivity contribution in [2.75, 3.05) is 6.61 Å². The van der Waals surface area contributed by atoms with Crippen molar-refractivity contribution in [1.29, 1.82) is 0 Å². The van der Waals surface area contributed by atoms with E-state index in [0.717, 1.165) is 31.2 Å². The molecule has 0 fully saturated rings. The largest absolute Gasteiger partial charge is 0.452 e. The SMILES string of the molecule is CCCCCC(C)NC(=O)COC(=O)c1ccc(CNC(C)=O)cc1. The van der Waals surface area contributed by atoms with Gasteiger partial charge in [-0.05, 0) is 31.0 Å². The van der Waals surface area contributed by atoms with Gasteiger partial charge in [-0.2, -0.15) is 0 Å². The molecule has 0 aliphatic rings. The van der Waals surface area contributed by atoms with Gasteiger partial charge >= 0.3 is 5.97 Å². The first kappa shape index (κ1) is 20.7. The lowest BCUT2D eigenvalue weighted by atomic mass is 10.1. The third-order valence-electron chi connectivity index (χ3n) is 3.71. The minimum absolute atomic E-state index is 0.0748. The van der Waals surface area contributed by atoms with Crippen LogP contribution in [0.4, 0.5) is 0 Å². The van der Waals surface area contributed by atoms with Gasteiger partial charge in [-0.3, -0.25) is 9.59 Å². The Labute approximate surface area is 149 Å². The predicted octanol–water partition coefficient (Wildman–Crippen LogP) is 2.56. The Morgan fingerprint density at radius 1 is 1.12 bits per heavy atom. The zero-order valence-corrected chi connectivity index (χ0v) is 15.3. The maximum Gasteiger partial charge on any atom is 0.338 e. The van der Waals surface area contributed by atoms with E-state index in [-0.39, 0.29) is 24.5 Å². The lowest BCUT2D eigenvalue weighted by Crippen LogP contribution is -2.35. The highest BCUT2D eigenvalue weighted by atomic mass is 16.5. The van der Waals surface area contributed by atoms with Crippen LogP contribution in [0.25, 0.3) is 0 Å². The molecule has 1 rings (SSSR count). The molecule has 1 aromatic rings. The number of ether oxygens (including phenoxy) is 1. The maximum atomic E-state index is 12.0. The first-order valence-corrected chi connectivity index (χ1v) is 8.72. The van der Waals surface area contributed by atoms with Crippen molar-refractivity contribution in [2.45, 2.75) is 59.0 Å². The average molecular weight is 348 g/mol. The highest BCUT2D eigenvalue weighted by Crippen LogP contribution is 2.06. The van der Waals surface area contributed by atoms with Crippen molar-refractivity contribution >= 4 is 17.8 Å². The third kappa shape index (κ3) is 8.88. The molecule has 1 unspecified atom stereocenters. The summed E-state index contributed by atoms with van der Waals surface area (Å²) in [4.78, 5) is 34.6. The smallest absolute Gasteiger partial charge is 0.338 e. The first-order valence-electron chi connectivity index (χ1n) is 8.72. The van der Waals surface area contributed by atoms with Crippen LogP contribution in [0.3, 0.4) is 0 Å². The summed E-state index contributed by atoms with van der Waals surface area (Å²) in [5.74, 6) is -0.946. The highest BCUT2D eigenvalue weighted by molar-refractivity contribution is 5.91. The molecular weight excluding hydrogens is 320 g/mol. The molecule has 0 saturated heterocycles. The summed E-state index contributed by atoms with van der Waals surface area (Å²) in [5, 5.41) is 5.50. The minimum atomic E-state index is -0.542. The van der Waals surface area contributed by atoms with Crippen LogP contribution in [0, 0.1) is 0 Å². The molecule has 0 radical (unpaired) electrons. The molecule has 0 aromatic heterocycles. The molecule has 1 aromatic carbocycles. The zero-order chi connectivity index (χ0) is 18.7. The minimum Gasteiger partial charge on any atom is -0.452 e. The summed E-state index contributed by atoms with van der Waals surface area (Å²) in [7, 11) is 0. The number of carbonyl (C=O) groups excluding carboxylic acids is 3. The molecule has 0 bridgehead atoms. The number of hydrogen-bond acceptors (Lipinski definition) is 4. The Morgan fingerprint density at radius 2 is 1.80 bits per heavy atom. The number of hydrogen-bond donors (Lipinski definition) is 2. The van der Waals surface area contributed by atoms with Gasteiger partial charge in [0.2, 0.25) is 5.91 Å². The molecule has 0 spiro atoms. The van der Waals surface area contributed by atoms with E-state index in [0.29, 0.717) is 12.1 Å². The Kier molecular flexibility index (Phi) is 9.29. The van der Waals surface area contributed by atoms with Crippen LogP contribution in [0.2, 0.25) is 0 Å². The normalized spacial score (nSPS) is 11.5. The van der Waals surface area contributed by atoms with Crippen LogP contribution >= 0.6 is 0 Å². The van der Waals surface area contributed by atoms with E-state index in [4.69, 9.17) is 4.74 Å². The fourth-order valence-corrected chi connectivity index (χ4v) is 2.29. The quantitative estimate of drug-likeness (QED) is 0.503. The van der Waals surface area contributed by atoms with Crippen LogP contribution in [-0.4, -0.2) is 30.4 Å². The molecule has 0 aliphatic heterocycles. The molecule has 2 N–H and O–H groups in total. The Morgan fingerprint density at radius 3 is 2.40 bits per heavy atom. The standard InChI is InChI=1S/C19H28N2O4/c1-4-5-6-7-14(2)21-18(23)13-25-19(24)17-10-8-16(9-11-17)12-20-15(3)22/h8-11,14H,4-7,12-13H2,1-3H3,(H,20,22)(H,21,23). The highest BCUT2D eigenvalue weighted by Gasteiger charge is 2.12. The fraction of sp³-hybridized carbons (Fsp3) is 0.526. The molecule has 1 atom stereocenters. The number of unbranched alkanes of at least 4 members (excludes halogenated alkanes) is 2. The van der Waals surface area contributed by atoms with E-state index >= 15 is 0 Å². The van der Waals surface area contributed by atoms with E-state index in [9.17, 15) is 14.4 Å². The Bertz CT molecular complexity index is 569. The molecule has 0 heterocycles. The molecule has 6 nitrogen and oxygen atoms in total. The summed E-state index contributed by atoms with van der Waals surface area (Å²) >= 11 is 0. The fourth-order valence-electron chi connectivity index (χ4n) is 2.29. The summed E-state index contributed by atoms with van der Waals surface area (Å²) in [6.45, 7) is 5.65. The molecule has 25 heavy (non-hydrogen) atoms. The molecule has 138 valence electrons. The van der Waals surface area contributed by atoms with Gasteiger partial charge in [0.1, 0.15) is 0 Å². The summed E-state index contributed by atoms with van der Waals surface area (Å²) in [5.41, 5.74) is 1.25. The second kappa shape index (κ2) is 11.2. The molecule has 2 amide bonds. The first-order chi connectivity index (χ1) is 11.9. The number of esters is 1. The van der Waals surface area contributed by atoms with E-state index in [2.05, 4.69) is 17.6 Å². The van der Waals surface area contributed by atoms with Gasteiger partial charge in [0.05, 0.1) is 5.56 Å². The van der Waals surface area contributed by atoms with Gasteiger partial charge in [-0.25, -0.2) is 4.79 Å². The van der Waals surface area contributed by atoms with Gasteiger partial charge in [-0.1, -0.05) is 38.3 Å². The number of rotatable bonds is 10. The number of benzene rings is 1. The van der Waals surface area contributed by atoms with Crippen LogP contribution in [0.1, 0.15) is 62.4 Å². The molecule has 6 heteroatoms. The van der Waals surface area contributed by atoms with Crippen LogP contribution in [-0.2, 0) is 20.9 Å². The van der Waals surface area contributed by atoms with Crippen molar-refractivity contribution < 1.29 is 19.1 Å². The van der Waals surface area contributed by atoms with Crippen molar-refractivity contribution in [3.8, 4) is 0 Å². The monoisotopic (exact) mass is 348 g/mol. The van der Waals surface area contributed by atoms with Crippen molar-refractivity contribution in [2.24, 2.45) is 0 Å². The van der Waals surface area contributed by atoms with Crippen LogP contribution in [0.5, 0.6) is 0 Å². The number of carbonyl (C=O) groups is 3. The second-order valence-corrected chi connectivity index (χ2v) is 6.15. The van der Waals surface area contributed by atoms with E-state index in [1.165, 1.54) is 6.92 Å². The lowest BCUT2D eigenvalue weighted by Gasteiger charge is -2.13. The summed E-state index contributed by atoms with van der Waals surface area (Å²) in [6.07, 6.45) is 4.28. The summed E-state index contributed by atoms with van der Waals surface area (Å²) in [6, 6.07) is 6.78. The van der Waals surface area contributed by atoms with Gasteiger partial charge in [0, 0.05) is 19.5 Å². The van der Waals surface area contributed by atoms with E-state index < -0.39 is 5.97 Å². The van der Waals surface area contributed by atoms with Crippen LogP contribution in [0.15, 0.2) is 24.3 Å². The summed E-state index contributed by atoms with van der Waals surface area (Å²) < 4.78 is 5.03. The second-order valence-electron chi connectivity index (χ2n) is 6.15. The van der Waals surface area contributed by atoms with Gasteiger partial charge < -0.3 is 15.4 Å². The van der Waals surface area contributed by atoms with Crippen molar-refractivity contribution in [3.63, 3.8) is 0 Å². The van der Waals surface area contributed by atoms with Gasteiger partial charge in [-0.15, -0.1) is 0 Å². The predicted molar refractivity (Wildman–Crippen MR) is 96.0 cm³/mol. The van der Waals surface area contributed by atoms with E-state index in [1.54, 1.807) is 24.3 Å². The topological polar surface area (TPSA) is 84.5 Å². The van der Waals surface area contributed by atoms with Crippen LogP contribution < -0.4 is 10.6 Å². The van der Waals surface area contributed by atoms with Crippen molar-refractivity contribution in [3.05, 3.63) is 35.4 Å². The van der Waals surface area contributed by atoms with E-state index in [1.807, 2.05) is 6.92 Å². The molecular formula is C19H28N2O4. The van der Waals surface area contributed by atoms with Crippen molar-refractivity contribution in [1.82, 2.24) is 10.6 Å². The van der Waals surface area contributed by atoms with Gasteiger partial charge in [0.15, 0.2) is 6.61 Å². The Hall–Kier alpha value is -2.37. The third-order valence-corrected chi connectivity index (χ3v) is 3.71. The number of amides is 2. The molecule has 0 saturated carbocycles. The average Bonchev–Trinajstić information content (AvgIpc) is 2.58. The number of nitrogens with one attached hydrogen (secondary N) is 2. The molecule has 0 aliphatic carbocycles. The Balaban J connectivity index is 2.35.